The molecule has 3 heterocycles. The number of nitrogens with one attached hydrogen (secondary N) is 2. The van der Waals surface area contributed by atoms with Crippen LogP contribution in [0, 0.1) is 5.41 Å². The van der Waals surface area contributed by atoms with Gasteiger partial charge in [-0.2, -0.15) is 5.10 Å². The Labute approximate surface area is 117 Å². The predicted octanol–water partition coefficient (Wildman–Crippen LogP) is 0.376. The average Bonchev–Trinajstić information content (AvgIpc) is 2.48. The van der Waals surface area contributed by atoms with E-state index in [4.69, 9.17) is 0 Å². The third-order valence-electron chi connectivity index (χ3n) is 4.41. The highest BCUT2D eigenvalue weighted by Crippen LogP contribution is 2.36. The van der Waals surface area contributed by atoms with Gasteiger partial charge in [0, 0.05) is 31.1 Å². The van der Waals surface area contributed by atoms with Crippen LogP contribution in [-0.2, 0) is 0 Å². The Kier molecular flexibility index (Phi) is 3.56. The van der Waals surface area contributed by atoms with Gasteiger partial charge in [0.15, 0.2) is 0 Å². The van der Waals surface area contributed by atoms with Crippen molar-refractivity contribution in [3.8, 4) is 0 Å². The monoisotopic (exact) mass is 276 g/mol. The van der Waals surface area contributed by atoms with Crippen LogP contribution in [0.5, 0.6) is 0 Å². The number of carbonyl (C=O) groups excluding carboxylic acids is 1. The average molecular weight is 276 g/mol. The number of hydrogen-bond donors (Lipinski definition) is 2. The van der Waals surface area contributed by atoms with Crippen molar-refractivity contribution < 1.29 is 4.79 Å². The normalized spacial score (nSPS) is 26.7. The van der Waals surface area contributed by atoms with Crippen LogP contribution in [0.3, 0.4) is 0 Å². The second kappa shape index (κ2) is 5.36. The van der Waals surface area contributed by atoms with Crippen LogP contribution in [-0.4, -0.2) is 47.2 Å². The van der Waals surface area contributed by atoms with Gasteiger partial charge in [-0.3, -0.25) is 9.59 Å². The lowest BCUT2D eigenvalue weighted by molar-refractivity contribution is 0.0428. The third kappa shape index (κ3) is 2.60. The summed E-state index contributed by atoms with van der Waals surface area (Å²) in [7, 11) is 0. The summed E-state index contributed by atoms with van der Waals surface area (Å²) in [5.41, 5.74) is 0.271. The molecule has 2 aliphatic heterocycles. The minimum Gasteiger partial charge on any atom is -0.337 e. The summed E-state index contributed by atoms with van der Waals surface area (Å²) in [6, 6.07) is 2.85. The molecule has 3 rings (SSSR count). The Morgan fingerprint density at radius 1 is 1.30 bits per heavy atom. The quantitative estimate of drug-likeness (QED) is 0.777. The number of amides is 1. The van der Waals surface area contributed by atoms with Gasteiger partial charge in [-0.25, -0.2) is 5.10 Å². The topological polar surface area (TPSA) is 78.1 Å². The summed E-state index contributed by atoms with van der Waals surface area (Å²) in [5, 5.41) is 9.62. The molecule has 0 radical (unpaired) electrons. The van der Waals surface area contributed by atoms with Crippen LogP contribution in [0.25, 0.3) is 0 Å². The first-order valence-corrected chi connectivity index (χ1v) is 7.24. The molecule has 108 valence electrons. The zero-order valence-electron chi connectivity index (χ0n) is 11.5. The molecule has 1 unspecified atom stereocenters. The van der Waals surface area contributed by atoms with Gasteiger partial charge in [-0.05, 0) is 38.3 Å². The van der Waals surface area contributed by atoms with E-state index in [0.29, 0.717) is 5.69 Å². The van der Waals surface area contributed by atoms with E-state index in [1.165, 1.54) is 31.4 Å². The maximum atomic E-state index is 12.5. The first-order chi connectivity index (χ1) is 9.69. The molecule has 1 amide bonds. The van der Waals surface area contributed by atoms with Crippen LogP contribution in [0.15, 0.2) is 16.9 Å². The highest BCUT2D eigenvalue weighted by molar-refractivity contribution is 5.92. The zero-order valence-corrected chi connectivity index (χ0v) is 11.5. The summed E-state index contributed by atoms with van der Waals surface area (Å²) in [6.07, 6.45) is 4.58. The van der Waals surface area contributed by atoms with Crippen LogP contribution in [0.2, 0.25) is 0 Å². The van der Waals surface area contributed by atoms with Crippen LogP contribution >= 0.6 is 0 Å². The number of hydrogen-bond acceptors (Lipinski definition) is 4. The number of aromatic nitrogens is 2. The molecule has 0 aliphatic carbocycles. The van der Waals surface area contributed by atoms with Gasteiger partial charge >= 0.3 is 0 Å². The molecule has 2 saturated heterocycles. The number of piperidine rings is 2. The molecular weight excluding hydrogens is 256 g/mol. The van der Waals surface area contributed by atoms with E-state index in [-0.39, 0.29) is 16.9 Å². The molecule has 0 saturated carbocycles. The molecule has 2 N–H and O–H groups in total. The van der Waals surface area contributed by atoms with Crippen molar-refractivity contribution in [1.29, 1.82) is 0 Å². The van der Waals surface area contributed by atoms with E-state index in [9.17, 15) is 9.59 Å². The lowest BCUT2D eigenvalue weighted by Gasteiger charge is -2.45. The zero-order chi connectivity index (χ0) is 14.0. The number of nitrogens with zero attached hydrogens (tertiary/aromatic N) is 2. The smallest absolute Gasteiger partial charge is 0.274 e. The number of H-pyrrole nitrogens is 1. The van der Waals surface area contributed by atoms with Crippen molar-refractivity contribution in [2.75, 3.05) is 26.2 Å². The maximum Gasteiger partial charge on any atom is 0.274 e. The van der Waals surface area contributed by atoms with Crippen molar-refractivity contribution in [2.24, 2.45) is 5.41 Å². The van der Waals surface area contributed by atoms with Gasteiger partial charge in [0.2, 0.25) is 0 Å². The summed E-state index contributed by atoms with van der Waals surface area (Å²) in [6.45, 7) is 3.65. The van der Waals surface area contributed by atoms with E-state index in [1.807, 2.05) is 4.90 Å². The second-order valence-corrected chi connectivity index (χ2v) is 5.92. The number of likely N-dealkylation sites (tertiary alicyclic amines) is 1. The summed E-state index contributed by atoms with van der Waals surface area (Å²) < 4.78 is 0. The number of carbonyl (C=O) groups is 1. The lowest BCUT2D eigenvalue weighted by Crippen LogP contribution is -2.52. The van der Waals surface area contributed by atoms with Gasteiger partial charge in [0.05, 0.1) is 0 Å². The van der Waals surface area contributed by atoms with E-state index in [2.05, 4.69) is 15.5 Å². The molecule has 0 aromatic carbocycles. The molecule has 20 heavy (non-hydrogen) atoms. The first kappa shape index (κ1) is 13.3. The van der Waals surface area contributed by atoms with Crippen LogP contribution < -0.4 is 10.9 Å². The van der Waals surface area contributed by atoms with Crippen molar-refractivity contribution in [3.63, 3.8) is 0 Å². The molecule has 2 fully saturated rings. The van der Waals surface area contributed by atoms with Crippen LogP contribution in [0.4, 0.5) is 0 Å². The third-order valence-corrected chi connectivity index (χ3v) is 4.41. The Hall–Kier alpha value is -1.69. The lowest BCUT2D eigenvalue weighted by atomic mass is 9.74. The summed E-state index contributed by atoms with van der Waals surface area (Å²) >= 11 is 0. The van der Waals surface area contributed by atoms with E-state index in [0.717, 1.165) is 32.6 Å². The molecular formula is C14H20N4O2. The molecule has 1 spiro atoms. The Morgan fingerprint density at radius 2 is 2.15 bits per heavy atom. The molecule has 1 aromatic heterocycles. The van der Waals surface area contributed by atoms with E-state index < -0.39 is 0 Å². The van der Waals surface area contributed by atoms with Crippen molar-refractivity contribution in [2.45, 2.75) is 25.7 Å². The minimum absolute atomic E-state index is 0.0779. The van der Waals surface area contributed by atoms with Gasteiger partial charge in [-0.15, -0.1) is 0 Å². The summed E-state index contributed by atoms with van der Waals surface area (Å²) in [5.74, 6) is -0.0779. The molecule has 1 atom stereocenters. The van der Waals surface area contributed by atoms with Crippen molar-refractivity contribution in [1.82, 2.24) is 20.4 Å². The van der Waals surface area contributed by atoms with Gasteiger partial charge in [-0.1, -0.05) is 0 Å². The second-order valence-electron chi connectivity index (χ2n) is 5.92. The van der Waals surface area contributed by atoms with Gasteiger partial charge in [0.1, 0.15) is 5.69 Å². The Morgan fingerprint density at radius 3 is 2.85 bits per heavy atom. The van der Waals surface area contributed by atoms with Crippen molar-refractivity contribution in [3.05, 3.63) is 28.2 Å². The van der Waals surface area contributed by atoms with E-state index >= 15 is 0 Å². The summed E-state index contributed by atoms with van der Waals surface area (Å²) in [4.78, 5) is 25.4. The highest BCUT2D eigenvalue weighted by atomic mass is 16.2. The Bertz CT molecular complexity index is 522. The fourth-order valence-corrected chi connectivity index (χ4v) is 3.39. The van der Waals surface area contributed by atoms with Crippen LogP contribution in [0.1, 0.15) is 36.2 Å². The van der Waals surface area contributed by atoms with Gasteiger partial charge < -0.3 is 10.2 Å². The fraction of sp³-hybridized carbons (Fsp3) is 0.643. The molecule has 6 heteroatoms. The van der Waals surface area contributed by atoms with Gasteiger partial charge in [0.25, 0.3) is 11.5 Å². The number of rotatable bonds is 1. The molecule has 6 nitrogen and oxygen atoms in total. The largest absolute Gasteiger partial charge is 0.337 e. The van der Waals surface area contributed by atoms with E-state index in [1.54, 1.807) is 0 Å². The Balaban J connectivity index is 1.74. The highest BCUT2D eigenvalue weighted by Gasteiger charge is 2.38. The minimum atomic E-state index is -0.284. The number of aromatic amines is 1. The molecule has 1 aromatic rings. The fourth-order valence-electron chi connectivity index (χ4n) is 3.39. The first-order valence-electron chi connectivity index (χ1n) is 7.24. The maximum absolute atomic E-state index is 12.5. The molecule has 2 aliphatic rings. The van der Waals surface area contributed by atoms with Crippen molar-refractivity contribution >= 4 is 5.91 Å². The molecule has 0 bridgehead atoms. The predicted molar refractivity (Wildman–Crippen MR) is 74.5 cm³/mol. The SMILES string of the molecule is O=C(c1ccc(=O)[nH]n1)N1CCCC2(CCCNC2)C1. The standard InChI is InChI=1S/C14H20N4O2/c19-12-4-3-11(16-17-12)13(20)18-8-2-6-14(10-18)5-1-7-15-9-14/h3-4,15H,1-2,5-10H2,(H,17,19).